The van der Waals surface area contributed by atoms with Crippen LogP contribution in [0.25, 0.3) is 11.4 Å². The highest BCUT2D eigenvalue weighted by molar-refractivity contribution is 6.04. The van der Waals surface area contributed by atoms with E-state index in [0.29, 0.717) is 29.2 Å². The zero-order valence-corrected chi connectivity index (χ0v) is 15.5. The molecule has 1 amide bonds. The number of amides is 1. The van der Waals surface area contributed by atoms with Crippen molar-refractivity contribution >= 4 is 11.6 Å². The first-order chi connectivity index (χ1) is 13.7. The van der Waals surface area contributed by atoms with E-state index in [1.807, 2.05) is 16.7 Å². The standard InChI is InChI=1S/C21H22FN5O/c22-18-10-9-16(24-21(28)15-7-5-14(13-23)6-8-15)12-17(18)20-26-25-19-4-2-1-3-11-27(19)20/h5-10,12H,1-4,11,13,23H2,(H,24,28). The number of hydrogen-bond donors (Lipinski definition) is 2. The van der Waals surface area contributed by atoms with Crippen molar-refractivity contribution in [2.24, 2.45) is 5.73 Å². The fraction of sp³-hybridized carbons (Fsp3) is 0.286. The highest BCUT2D eigenvalue weighted by Gasteiger charge is 2.19. The number of nitrogens with zero attached hydrogens (tertiary/aromatic N) is 3. The van der Waals surface area contributed by atoms with E-state index in [2.05, 4.69) is 15.5 Å². The second-order valence-corrected chi connectivity index (χ2v) is 6.95. The number of aryl methyl sites for hydroxylation is 1. The number of nitrogens with two attached hydrogens (primary N) is 1. The van der Waals surface area contributed by atoms with Gasteiger partial charge in [0.25, 0.3) is 5.91 Å². The van der Waals surface area contributed by atoms with E-state index in [1.165, 1.54) is 6.07 Å². The Kier molecular flexibility index (Phi) is 5.16. The Morgan fingerprint density at radius 3 is 2.71 bits per heavy atom. The van der Waals surface area contributed by atoms with Crippen molar-refractivity contribution in [1.29, 1.82) is 0 Å². The van der Waals surface area contributed by atoms with Crippen LogP contribution in [0, 0.1) is 5.82 Å². The largest absolute Gasteiger partial charge is 0.326 e. The minimum absolute atomic E-state index is 0.263. The summed E-state index contributed by atoms with van der Waals surface area (Å²) in [6.45, 7) is 1.20. The van der Waals surface area contributed by atoms with Crippen LogP contribution in [-0.2, 0) is 19.5 Å². The van der Waals surface area contributed by atoms with Gasteiger partial charge < -0.3 is 15.6 Å². The number of carbonyl (C=O) groups excluding carboxylic acids is 1. The number of aromatic nitrogens is 3. The SMILES string of the molecule is NCc1ccc(C(=O)Nc2ccc(F)c(-c3nnc4n3CCCCC4)c2)cc1. The van der Waals surface area contributed by atoms with Gasteiger partial charge in [0.05, 0.1) is 5.56 Å². The monoisotopic (exact) mass is 379 g/mol. The molecule has 0 spiro atoms. The van der Waals surface area contributed by atoms with Crippen LogP contribution in [0.5, 0.6) is 0 Å². The Labute approximate surface area is 162 Å². The molecule has 0 saturated carbocycles. The van der Waals surface area contributed by atoms with Gasteiger partial charge in [0.2, 0.25) is 0 Å². The molecule has 2 heterocycles. The predicted octanol–water partition coefficient (Wildman–Crippen LogP) is 3.52. The fourth-order valence-corrected chi connectivity index (χ4v) is 3.45. The number of anilines is 1. The van der Waals surface area contributed by atoms with Gasteiger partial charge >= 0.3 is 0 Å². The highest BCUT2D eigenvalue weighted by atomic mass is 19.1. The van der Waals surface area contributed by atoms with E-state index in [0.717, 1.165) is 43.6 Å². The molecule has 0 fully saturated rings. The zero-order valence-electron chi connectivity index (χ0n) is 15.5. The van der Waals surface area contributed by atoms with Crippen molar-refractivity contribution in [2.75, 3.05) is 5.32 Å². The lowest BCUT2D eigenvalue weighted by Crippen LogP contribution is -2.12. The van der Waals surface area contributed by atoms with E-state index in [1.54, 1.807) is 24.3 Å². The van der Waals surface area contributed by atoms with Gasteiger partial charge in [0.1, 0.15) is 11.6 Å². The predicted molar refractivity (Wildman–Crippen MR) is 105 cm³/mol. The molecule has 0 atom stereocenters. The first-order valence-corrected chi connectivity index (χ1v) is 9.48. The number of nitrogens with one attached hydrogen (secondary N) is 1. The van der Waals surface area contributed by atoms with Crippen molar-refractivity contribution in [2.45, 2.75) is 38.8 Å². The Morgan fingerprint density at radius 1 is 1.11 bits per heavy atom. The number of carbonyl (C=O) groups is 1. The maximum Gasteiger partial charge on any atom is 0.255 e. The Bertz CT molecular complexity index is 997. The molecule has 0 aliphatic carbocycles. The third-order valence-corrected chi connectivity index (χ3v) is 5.03. The van der Waals surface area contributed by atoms with Gasteiger partial charge in [-0.25, -0.2) is 4.39 Å². The van der Waals surface area contributed by atoms with Crippen LogP contribution >= 0.6 is 0 Å². The van der Waals surface area contributed by atoms with Crippen molar-refractivity contribution in [1.82, 2.24) is 14.8 Å². The number of rotatable bonds is 4. The average Bonchev–Trinajstić information content (AvgIpc) is 2.97. The molecule has 1 aliphatic rings. The summed E-state index contributed by atoms with van der Waals surface area (Å²) in [5.41, 5.74) is 7.91. The second kappa shape index (κ2) is 7.90. The van der Waals surface area contributed by atoms with Crippen LogP contribution in [0.2, 0.25) is 0 Å². The van der Waals surface area contributed by atoms with Crippen molar-refractivity contribution in [3.63, 3.8) is 0 Å². The Hall–Kier alpha value is -3.06. The molecule has 0 bridgehead atoms. The van der Waals surface area contributed by atoms with Gasteiger partial charge in [-0.2, -0.15) is 0 Å². The first kappa shape index (κ1) is 18.3. The quantitative estimate of drug-likeness (QED) is 0.726. The second-order valence-electron chi connectivity index (χ2n) is 6.95. The molecule has 2 aromatic carbocycles. The Morgan fingerprint density at radius 2 is 1.93 bits per heavy atom. The summed E-state index contributed by atoms with van der Waals surface area (Å²) >= 11 is 0. The van der Waals surface area contributed by atoms with Crippen LogP contribution in [0.3, 0.4) is 0 Å². The summed E-state index contributed by atoms with van der Waals surface area (Å²) in [4.78, 5) is 12.5. The minimum Gasteiger partial charge on any atom is -0.326 e. The number of hydrogen-bond acceptors (Lipinski definition) is 4. The van der Waals surface area contributed by atoms with Gasteiger partial charge in [-0.05, 0) is 48.7 Å². The lowest BCUT2D eigenvalue weighted by atomic mass is 10.1. The molecule has 0 saturated heterocycles. The van der Waals surface area contributed by atoms with E-state index >= 15 is 0 Å². The summed E-state index contributed by atoms with van der Waals surface area (Å²) in [6.07, 6.45) is 4.07. The highest BCUT2D eigenvalue weighted by Crippen LogP contribution is 2.27. The summed E-state index contributed by atoms with van der Waals surface area (Å²) in [7, 11) is 0. The van der Waals surface area contributed by atoms with Crippen LogP contribution in [-0.4, -0.2) is 20.7 Å². The fourth-order valence-electron chi connectivity index (χ4n) is 3.45. The number of benzene rings is 2. The normalized spacial score (nSPS) is 13.6. The molecule has 144 valence electrons. The summed E-state index contributed by atoms with van der Waals surface area (Å²) in [5.74, 6) is 0.755. The molecule has 0 unspecified atom stereocenters. The molecular formula is C21H22FN5O. The zero-order chi connectivity index (χ0) is 19.5. The van der Waals surface area contributed by atoms with Crippen molar-refractivity contribution < 1.29 is 9.18 Å². The summed E-state index contributed by atoms with van der Waals surface area (Å²) in [6, 6.07) is 11.6. The molecule has 3 N–H and O–H groups in total. The first-order valence-electron chi connectivity index (χ1n) is 9.48. The molecule has 6 nitrogen and oxygen atoms in total. The van der Waals surface area contributed by atoms with Crippen LogP contribution in [0.1, 0.15) is 41.0 Å². The maximum absolute atomic E-state index is 14.5. The number of fused-ring (bicyclic) bond motifs is 1. The van der Waals surface area contributed by atoms with Crippen LogP contribution in [0.4, 0.5) is 10.1 Å². The molecule has 7 heteroatoms. The summed E-state index contributed by atoms with van der Waals surface area (Å²) in [5, 5.41) is 11.3. The van der Waals surface area contributed by atoms with E-state index in [-0.39, 0.29) is 11.7 Å². The molecular weight excluding hydrogens is 357 g/mol. The molecule has 4 rings (SSSR count). The van der Waals surface area contributed by atoms with E-state index in [4.69, 9.17) is 5.73 Å². The van der Waals surface area contributed by atoms with Gasteiger partial charge in [0.15, 0.2) is 5.82 Å². The van der Waals surface area contributed by atoms with Gasteiger partial charge in [-0.15, -0.1) is 10.2 Å². The van der Waals surface area contributed by atoms with Crippen LogP contribution in [0.15, 0.2) is 42.5 Å². The molecule has 3 aromatic rings. The molecule has 28 heavy (non-hydrogen) atoms. The summed E-state index contributed by atoms with van der Waals surface area (Å²) < 4.78 is 16.5. The third kappa shape index (κ3) is 3.66. The Balaban J connectivity index is 1.61. The van der Waals surface area contributed by atoms with E-state index in [9.17, 15) is 9.18 Å². The smallest absolute Gasteiger partial charge is 0.255 e. The topological polar surface area (TPSA) is 85.8 Å². The minimum atomic E-state index is -0.384. The molecule has 1 aliphatic heterocycles. The van der Waals surface area contributed by atoms with Crippen LogP contribution < -0.4 is 11.1 Å². The molecule has 1 aromatic heterocycles. The lowest BCUT2D eigenvalue weighted by molar-refractivity contribution is 0.102. The van der Waals surface area contributed by atoms with Crippen molar-refractivity contribution in [3.8, 4) is 11.4 Å². The molecule has 0 radical (unpaired) electrons. The van der Waals surface area contributed by atoms with Gasteiger partial charge in [0, 0.05) is 30.8 Å². The van der Waals surface area contributed by atoms with Crippen molar-refractivity contribution in [3.05, 3.63) is 65.2 Å². The maximum atomic E-state index is 14.5. The lowest BCUT2D eigenvalue weighted by Gasteiger charge is -2.11. The van der Waals surface area contributed by atoms with Gasteiger partial charge in [-0.3, -0.25) is 4.79 Å². The third-order valence-electron chi connectivity index (χ3n) is 5.03. The average molecular weight is 379 g/mol. The van der Waals surface area contributed by atoms with Gasteiger partial charge in [-0.1, -0.05) is 18.6 Å². The number of halogens is 1. The van der Waals surface area contributed by atoms with E-state index < -0.39 is 0 Å².